The highest BCUT2D eigenvalue weighted by molar-refractivity contribution is 5.37. The number of nitrogens with two attached hydrogens (primary N) is 1. The lowest BCUT2D eigenvalue weighted by Gasteiger charge is -2.27. The molecule has 0 saturated carbocycles. The van der Waals surface area contributed by atoms with E-state index in [1.54, 1.807) is 7.11 Å². The van der Waals surface area contributed by atoms with E-state index >= 15 is 0 Å². The van der Waals surface area contributed by atoms with Gasteiger partial charge in [-0.25, -0.2) is 5.90 Å². The minimum Gasteiger partial charge on any atom is -0.496 e. The van der Waals surface area contributed by atoms with Gasteiger partial charge in [-0.1, -0.05) is 18.6 Å². The van der Waals surface area contributed by atoms with Crippen molar-refractivity contribution in [3.05, 3.63) is 29.3 Å². The second-order valence-corrected chi connectivity index (χ2v) is 5.10. The number of piperidine rings is 1. The Balaban J connectivity index is 2.06. The second kappa shape index (κ2) is 7.48. The maximum Gasteiger partial charge on any atom is 0.123 e. The standard InChI is InChI=1S/C15H24N2O2/c1-18-15-6-5-13(7-10-19-16)11-14(15)12-17-8-3-2-4-9-17/h5-6,11H,2-4,7-10,12,16H2,1H3. The maximum atomic E-state index is 5.46. The molecule has 1 saturated heterocycles. The Morgan fingerprint density at radius 2 is 2.00 bits per heavy atom. The number of ether oxygens (including phenoxy) is 1. The fourth-order valence-corrected chi connectivity index (χ4v) is 2.65. The fourth-order valence-electron chi connectivity index (χ4n) is 2.65. The average Bonchev–Trinajstić information content (AvgIpc) is 2.46. The predicted molar refractivity (Wildman–Crippen MR) is 76.0 cm³/mol. The number of likely N-dealkylation sites (tertiary alicyclic amines) is 1. The predicted octanol–water partition coefficient (Wildman–Crippen LogP) is 2.11. The summed E-state index contributed by atoms with van der Waals surface area (Å²) in [5.41, 5.74) is 2.51. The number of hydrogen-bond donors (Lipinski definition) is 1. The van der Waals surface area contributed by atoms with E-state index in [1.165, 1.54) is 43.5 Å². The molecule has 4 heteroatoms. The summed E-state index contributed by atoms with van der Waals surface area (Å²) in [5.74, 6) is 6.06. The Morgan fingerprint density at radius 3 is 2.68 bits per heavy atom. The SMILES string of the molecule is COc1ccc(CCON)cc1CN1CCCCC1. The van der Waals surface area contributed by atoms with Crippen LogP contribution in [0.5, 0.6) is 5.75 Å². The second-order valence-electron chi connectivity index (χ2n) is 5.10. The number of nitrogens with zero attached hydrogens (tertiary/aromatic N) is 1. The smallest absolute Gasteiger partial charge is 0.123 e. The zero-order valence-electron chi connectivity index (χ0n) is 11.7. The highest BCUT2D eigenvalue weighted by atomic mass is 16.6. The summed E-state index contributed by atoms with van der Waals surface area (Å²) in [4.78, 5) is 7.16. The first kappa shape index (κ1) is 14.3. The van der Waals surface area contributed by atoms with Crippen LogP contribution >= 0.6 is 0 Å². The quantitative estimate of drug-likeness (QED) is 0.799. The van der Waals surface area contributed by atoms with E-state index in [9.17, 15) is 0 Å². The molecule has 0 atom stereocenters. The molecule has 2 N–H and O–H groups in total. The number of rotatable bonds is 6. The molecule has 0 radical (unpaired) electrons. The number of methoxy groups -OCH3 is 1. The van der Waals surface area contributed by atoms with Crippen LogP contribution in [0.4, 0.5) is 0 Å². The molecule has 1 aliphatic rings. The van der Waals surface area contributed by atoms with E-state index in [1.807, 2.05) is 6.07 Å². The lowest BCUT2D eigenvalue weighted by atomic mass is 10.1. The summed E-state index contributed by atoms with van der Waals surface area (Å²) < 4.78 is 5.46. The van der Waals surface area contributed by atoms with E-state index < -0.39 is 0 Å². The van der Waals surface area contributed by atoms with Gasteiger partial charge < -0.3 is 9.57 Å². The molecule has 4 nitrogen and oxygen atoms in total. The lowest BCUT2D eigenvalue weighted by molar-refractivity contribution is 0.141. The van der Waals surface area contributed by atoms with Crippen LogP contribution in [-0.2, 0) is 17.8 Å². The van der Waals surface area contributed by atoms with Crippen LogP contribution in [0.3, 0.4) is 0 Å². The van der Waals surface area contributed by atoms with Crippen molar-refractivity contribution in [3.8, 4) is 5.75 Å². The molecule has 1 aromatic rings. The molecule has 1 aliphatic heterocycles. The van der Waals surface area contributed by atoms with Crippen molar-refractivity contribution in [1.29, 1.82) is 0 Å². The summed E-state index contributed by atoms with van der Waals surface area (Å²) in [6.07, 6.45) is 4.82. The Bertz CT molecular complexity index is 390. The van der Waals surface area contributed by atoms with Gasteiger partial charge in [0.15, 0.2) is 0 Å². The molecule has 19 heavy (non-hydrogen) atoms. The van der Waals surface area contributed by atoms with Crippen LogP contribution in [0.1, 0.15) is 30.4 Å². The van der Waals surface area contributed by atoms with Crippen molar-refractivity contribution < 1.29 is 9.57 Å². The highest BCUT2D eigenvalue weighted by Crippen LogP contribution is 2.23. The van der Waals surface area contributed by atoms with Gasteiger partial charge in [0.2, 0.25) is 0 Å². The molecule has 1 fully saturated rings. The largest absolute Gasteiger partial charge is 0.496 e. The zero-order chi connectivity index (χ0) is 13.5. The van der Waals surface area contributed by atoms with E-state index in [0.717, 1.165) is 18.7 Å². The molecule has 0 bridgehead atoms. The van der Waals surface area contributed by atoms with E-state index in [0.29, 0.717) is 6.61 Å². The van der Waals surface area contributed by atoms with Crippen molar-refractivity contribution in [2.75, 3.05) is 26.8 Å². The third-order valence-corrected chi connectivity index (χ3v) is 3.70. The van der Waals surface area contributed by atoms with Crippen LogP contribution in [0, 0.1) is 0 Å². The van der Waals surface area contributed by atoms with Gasteiger partial charge >= 0.3 is 0 Å². The third-order valence-electron chi connectivity index (χ3n) is 3.70. The normalized spacial score (nSPS) is 16.5. The van der Waals surface area contributed by atoms with Crippen LogP contribution in [-0.4, -0.2) is 31.7 Å². The molecule has 0 amide bonds. The number of benzene rings is 1. The Morgan fingerprint density at radius 1 is 1.21 bits per heavy atom. The summed E-state index contributed by atoms with van der Waals surface area (Å²) in [6.45, 7) is 3.91. The fraction of sp³-hybridized carbons (Fsp3) is 0.600. The van der Waals surface area contributed by atoms with Crippen molar-refractivity contribution >= 4 is 0 Å². The molecule has 106 valence electrons. The molecular formula is C15H24N2O2. The van der Waals surface area contributed by atoms with Crippen LogP contribution in [0.2, 0.25) is 0 Å². The van der Waals surface area contributed by atoms with E-state index in [-0.39, 0.29) is 0 Å². The first-order valence-electron chi connectivity index (χ1n) is 7.03. The summed E-state index contributed by atoms with van der Waals surface area (Å²) in [5, 5.41) is 0. The third kappa shape index (κ3) is 4.20. The van der Waals surface area contributed by atoms with Gasteiger partial charge in [-0.2, -0.15) is 0 Å². The van der Waals surface area contributed by atoms with Gasteiger partial charge in [0.25, 0.3) is 0 Å². The molecule has 1 heterocycles. The van der Waals surface area contributed by atoms with Gasteiger partial charge in [-0.3, -0.25) is 4.90 Å². The molecule has 0 spiro atoms. The first-order valence-corrected chi connectivity index (χ1v) is 7.03. The Labute approximate surface area is 115 Å². The molecule has 0 aliphatic carbocycles. The summed E-state index contributed by atoms with van der Waals surface area (Å²) in [7, 11) is 1.73. The summed E-state index contributed by atoms with van der Waals surface area (Å²) >= 11 is 0. The van der Waals surface area contributed by atoms with Gasteiger partial charge in [0.05, 0.1) is 13.7 Å². The van der Waals surface area contributed by atoms with Gasteiger partial charge in [0.1, 0.15) is 5.75 Å². The molecule has 0 aromatic heterocycles. The van der Waals surface area contributed by atoms with E-state index in [4.69, 9.17) is 10.6 Å². The maximum absolute atomic E-state index is 5.46. The zero-order valence-corrected chi connectivity index (χ0v) is 11.7. The van der Waals surface area contributed by atoms with Gasteiger partial charge in [-0.05, 0) is 44.0 Å². The summed E-state index contributed by atoms with van der Waals surface area (Å²) in [6, 6.07) is 6.34. The minimum absolute atomic E-state index is 0.551. The van der Waals surface area contributed by atoms with Crippen molar-refractivity contribution in [1.82, 2.24) is 4.90 Å². The monoisotopic (exact) mass is 264 g/mol. The van der Waals surface area contributed by atoms with Crippen LogP contribution in [0.15, 0.2) is 18.2 Å². The van der Waals surface area contributed by atoms with Crippen molar-refractivity contribution in [2.45, 2.75) is 32.2 Å². The van der Waals surface area contributed by atoms with Crippen molar-refractivity contribution in [2.24, 2.45) is 5.90 Å². The van der Waals surface area contributed by atoms with Crippen molar-refractivity contribution in [3.63, 3.8) is 0 Å². The van der Waals surface area contributed by atoms with Gasteiger partial charge in [0, 0.05) is 12.1 Å². The average molecular weight is 264 g/mol. The Hall–Kier alpha value is -1.10. The highest BCUT2D eigenvalue weighted by Gasteiger charge is 2.13. The molecule has 1 aromatic carbocycles. The topological polar surface area (TPSA) is 47.7 Å². The van der Waals surface area contributed by atoms with Crippen LogP contribution in [0.25, 0.3) is 0 Å². The first-order chi connectivity index (χ1) is 9.33. The lowest BCUT2D eigenvalue weighted by Crippen LogP contribution is -2.29. The minimum atomic E-state index is 0.551. The van der Waals surface area contributed by atoms with Gasteiger partial charge in [-0.15, -0.1) is 0 Å². The Kier molecular flexibility index (Phi) is 5.63. The molecular weight excluding hydrogens is 240 g/mol. The van der Waals surface area contributed by atoms with Crippen LogP contribution < -0.4 is 10.6 Å². The molecule has 2 rings (SSSR count). The molecule has 0 unspecified atom stereocenters. The number of hydrogen-bond acceptors (Lipinski definition) is 4. The van der Waals surface area contributed by atoms with E-state index in [2.05, 4.69) is 21.9 Å².